The number of hydrogen-bond donors (Lipinski definition) is 0. The highest BCUT2D eigenvalue weighted by molar-refractivity contribution is 6.78. The molecule has 0 aliphatic heterocycles. The number of esters is 1. The van der Waals surface area contributed by atoms with Crippen molar-refractivity contribution in [3.05, 3.63) is 42.0 Å². The number of hydrogen-bond acceptors (Lipinski definition) is 4. The van der Waals surface area contributed by atoms with E-state index in [1.807, 2.05) is 24.3 Å². The second-order valence-electron chi connectivity index (χ2n) is 8.73. The van der Waals surface area contributed by atoms with E-state index in [4.69, 9.17) is 9.16 Å². The highest BCUT2D eigenvalue weighted by Crippen LogP contribution is 2.42. The number of allylic oxidation sites excluding steroid dienone is 1. The lowest BCUT2D eigenvalue weighted by Crippen LogP contribution is -2.50. The molecule has 1 aliphatic carbocycles. The zero-order valence-corrected chi connectivity index (χ0v) is 19.0. The van der Waals surface area contributed by atoms with Crippen molar-refractivity contribution < 1.29 is 18.8 Å². The molecule has 0 fully saturated rings. The molecule has 28 heavy (non-hydrogen) atoms. The summed E-state index contributed by atoms with van der Waals surface area (Å²) in [4.78, 5) is 24.1. The third-order valence-corrected chi connectivity index (χ3v) is 12.0. The second kappa shape index (κ2) is 9.08. The summed E-state index contributed by atoms with van der Waals surface area (Å²) in [5.74, 6) is 0.332. The van der Waals surface area contributed by atoms with Crippen molar-refractivity contribution in [1.29, 1.82) is 0 Å². The molecule has 0 spiro atoms. The summed E-state index contributed by atoms with van der Waals surface area (Å²) >= 11 is 0. The van der Waals surface area contributed by atoms with Crippen LogP contribution >= 0.6 is 0 Å². The summed E-state index contributed by atoms with van der Waals surface area (Å²) in [6, 6.07) is 7.16. The molecule has 0 amide bonds. The van der Waals surface area contributed by atoms with Gasteiger partial charge in [0.2, 0.25) is 0 Å². The maximum absolute atomic E-state index is 12.6. The molecule has 0 unspecified atom stereocenters. The molecule has 154 valence electrons. The minimum Gasteiger partial charge on any atom is -0.543 e. The summed E-state index contributed by atoms with van der Waals surface area (Å²) in [6.45, 7) is 13.5. The summed E-state index contributed by atoms with van der Waals surface area (Å²) in [5, 5.41) is 0. The van der Waals surface area contributed by atoms with Gasteiger partial charge in [-0.3, -0.25) is 4.79 Å². The fourth-order valence-corrected chi connectivity index (χ4v) is 9.77. The van der Waals surface area contributed by atoms with E-state index in [-0.39, 0.29) is 0 Å². The van der Waals surface area contributed by atoms with Crippen molar-refractivity contribution in [2.75, 3.05) is 0 Å². The number of carbonyl (C=O) groups is 2. The van der Waals surface area contributed by atoms with Crippen LogP contribution in [0.25, 0.3) is 0 Å². The van der Waals surface area contributed by atoms with Crippen LogP contribution in [0.15, 0.2) is 36.4 Å². The summed E-state index contributed by atoms with van der Waals surface area (Å²) in [7, 11) is -2.04. The molecule has 0 saturated carbocycles. The molecule has 1 atom stereocenters. The molecule has 5 heteroatoms. The van der Waals surface area contributed by atoms with E-state index in [0.717, 1.165) is 18.5 Å². The van der Waals surface area contributed by atoms with Crippen molar-refractivity contribution in [2.45, 2.75) is 83.0 Å². The zero-order chi connectivity index (χ0) is 20.9. The SMILES string of the molecule is CC(C)[Si](Oc1ccc(C(=O)O[C@@]2(C=O)CC=CCC2)cc1)(C(C)C)C(C)C. The standard InChI is InChI=1S/C23H34O4Si/c1-17(2)28(18(3)4,19(5)6)27-21-12-10-20(11-13-21)22(25)26-23(16-24)14-8-7-9-15-23/h7-8,10-13,16-19H,9,14-15H2,1-6H3/t23-/m0/s1. The van der Waals surface area contributed by atoms with Gasteiger partial charge in [-0.25, -0.2) is 4.79 Å². The summed E-state index contributed by atoms with van der Waals surface area (Å²) < 4.78 is 12.2. The quantitative estimate of drug-likeness (QED) is 0.229. The fourth-order valence-electron chi connectivity index (χ4n) is 4.51. The minimum atomic E-state index is -2.04. The molecule has 0 bridgehead atoms. The first kappa shape index (κ1) is 22.4. The Morgan fingerprint density at radius 1 is 1.00 bits per heavy atom. The van der Waals surface area contributed by atoms with Gasteiger partial charge in [0.25, 0.3) is 8.32 Å². The van der Waals surface area contributed by atoms with Crippen molar-refractivity contribution in [3.8, 4) is 5.75 Å². The van der Waals surface area contributed by atoms with Gasteiger partial charge in [0, 0.05) is 6.42 Å². The molecule has 2 rings (SSSR count). The Kier molecular flexibility index (Phi) is 7.26. The Morgan fingerprint density at radius 3 is 2.00 bits per heavy atom. The van der Waals surface area contributed by atoms with Gasteiger partial charge in [0.1, 0.15) is 5.75 Å². The lowest BCUT2D eigenvalue weighted by atomic mass is 9.90. The van der Waals surface area contributed by atoms with Gasteiger partial charge >= 0.3 is 5.97 Å². The lowest BCUT2D eigenvalue weighted by molar-refractivity contribution is -0.126. The average Bonchev–Trinajstić information content (AvgIpc) is 2.66. The maximum Gasteiger partial charge on any atom is 0.339 e. The Hall–Kier alpha value is -1.88. The molecule has 4 nitrogen and oxygen atoms in total. The van der Waals surface area contributed by atoms with Crippen molar-refractivity contribution in [2.24, 2.45) is 0 Å². The van der Waals surface area contributed by atoms with Crippen molar-refractivity contribution in [3.63, 3.8) is 0 Å². The first-order valence-electron chi connectivity index (χ1n) is 10.3. The highest BCUT2D eigenvalue weighted by atomic mass is 28.4. The molecule has 1 aliphatic rings. The van der Waals surface area contributed by atoms with Crippen LogP contribution in [0.4, 0.5) is 0 Å². The second-order valence-corrected chi connectivity index (χ2v) is 14.1. The third kappa shape index (κ3) is 4.57. The van der Waals surface area contributed by atoms with Crippen molar-refractivity contribution in [1.82, 2.24) is 0 Å². The normalized spacial score (nSPS) is 19.9. The van der Waals surface area contributed by atoms with E-state index < -0.39 is 19.9 Å². The number of benzene rings is 1. The van der Waals surface area contributed by atoms with Gasteiger partial charge in [-0.05, 0) is 53.7 Å². The monoisotopic (exact) mass is 402 g/mol. The number of ether oxygens (including phenoxy) is 1. The first-order chi connectivity index (χ1) is 13.2. The largest absolute Gasteiger partial charge is 0.543 e. The smallest absolute Gasteiger partial charge is 0.339 e. The first-order valence-corrected chi connectivity index (χ1v) is 12.4. The van der Waals surface area contributed by atoms with Crippen LogP contribution in [-0.2, 0) is 9.53 Å². The molecule has 1 aromatic rings. The van der Waals surface area contributed by atoms with E-state index in [1.165, 1.54) is 0 Å². The van der Waals surface area contributed by atoms with Crippen LogP contribution in [0.5, 0.6) is 5.75 Å². The van der Waals surface area contributed by atoms with Gasteiger partial charge < -0.3 is 9.16 Å². The average molecular weight is 403 g/mol. The summed E-state index contributed by atoms with van der Waals surface area (Å²) in [6.07, 6.45) is 6.39. The van der Waals surface area contributed by atoms with Gasteiger partial charge in [-0.2, -0.15) is 0 Å². The van der Waals surface area contributed by atoms with Crippen LogP contribution in [0.3, 0.4) is 0 Å². The van der Waals surface area contributed by atoms with Gasteiger partial charge in [-0.15, -0.1) is 0 Å². The maximum atomic E-state index is 12.6. The Bertz CT molecular complexity index is 684. The van der Waals surface area contributed by atoms with Gasteiger partial charge in [-0.1, -0.05) is 53.7 Å². The van der Waals surface area contributed by atoms with E-state index in [2.05, 4.69) is 41.5 Å². The van der Waals surface area contributed by atoms with E-state index in [1.54, 1.807) is 12.1 Å². The molecule has 0 saturated heterocycles. The van der Waals surface area contributed by atoms with Crippen LogP contribution in [-0.4, -0.2) is 26.2 Å². The molecule has 0 heterocycles. The topological polar surface area (TPSA) is 52.6 Å². The molecule has 1 aromatic carbocycles. The Labute approximate surface area is 170 Å². The number of carbonyl (C=O) groups excluding carboxylic acids is 2. The number of aldehydes is 1. The Morgan fingerprint density at radius 2 is 1.57 bits per heavy atom. The predicted molar refractivity (Wildman–Crippen MR) is 115 cm³/mol. The predicted octanol–water partition coefficient (Wildman–Crippen LogP) is 6.08. The molecule has 0 radical (unpaired) electrons. The minimum absolute atomic E-state index is 0.439. The van der Waals surface area contributed by atoms with Crippen LogP contribution in [0.1, 0.15) is 71.2 Å². The molecular weight excluding hydrogens is 368 g/mol. The summed E-state index contributed by atoms with van der Waals surface area (Å²) in [5.41, 5.74) is 0.835. The molecule has 0 N–H and O–H groups in total. The van der Waals surface area contributed by atoms with Crippen LogP contribution in [0, 0.1) is 0 Å². The van der Waals surface area contributed by atoms with E-state index in [9.17, 15) is 9.59 Å². The fraction of sp³-hybridized carbons (Fsp3) is 0.565. The molecule has 0 aromatic heterocycles. The van der Waals surface area contributed by atoms with Crippen LogP contribution < -0.4 is 4.43 Å². The lowest BCUT2D eigenvalue weighted by Gasteiger charge is -2.42. The highest BCUT2D eigenvalue weighted by Gasteiger charge is 2.47. The van der Waals surface area contributed by atoms with Crippen LogP contribution in [0.2, 0.25) is 16.6 Å². The van der Waals surface area contributed by atoms with E-state index in [0.29, 0.717) is 35.0 Å². The zero-order valence-electron chi connectivity index (χ0n) is 18.0. The van der Waals surface area contributed by atoms with Gasteiger partial charge in [0.05, 0.1) is 5.56 Å². The van der Waals surface area contributed by atoms with Gasteiger partial charge in [0.15, 0.2) is 11.9 Å². The van der Waals surface area contributed by atoms with Crippen molar-refractivity contribution >= 4 is 20.6 Å². The third-order valence-electron chi connectivity index (χ3n) is 5.97. The van der Waals surface area contributed by atoms with E-state index >= 15 is 0 Å². The Balaban J connectivity index is 2.17. The number of rotatable bonds is 8. The molecular formula is C23H34O4Si.